The number of benzene rings is 2. The zero-order chi connectivity index (χ0) is 22.0. The average molecular weight is 440 g/mol. The highest BCUT2D eigenvalue weighted by Gasteiger charge is 2.24. The van der Waals surface area contributed by atoms with Gasteiger partial charge in [-0.2, -0.15) is 0 Å². The molecule has 2 amide bonds. The zero-order valence-corrected chi connectivity index (χ0v) is 18.0. The number of anilines is 1. The van der Waals surface area contributed by atoms with Gasteiger partial charge in [0.25, 0.3) is 11.8 Å². The number of amides is 2. The minimum atomic E-state index is -0.454. The number of carbonyl (C=O) groups is 2. The first-order valence-corrected chi connectivity index (χ1v) is 10.3. The van der Waals surface area contributed by atoms with E-state index < -0.39 is 5.91 Å². The standard InChI is InChI=1S/C22H22ClN5O3/c1-14-20(25-26-28(14)16-6-5-7-17(13-16)31-2)21(29)24-19-9-8-15(23)12-18(19)22(30)27-10-3-4-11-27/h5-9,12-13H,3-4,10-11H2,1-2H3,(H,24,29). The van der Waals surface area contributed by atoms with E-state index >= 15 is 0 Å². The van der Waals surface area contributed by atoms with E-state index in [0.29, 0.717) is 40.8 Å². The van der Waals surface area contributed by atoms with Crippen LogP contribution in [0.15, 0.2) is 42.5 Å². The summed E-state index contributed by atoms with van der Waals surface area (Å²) in [5.74, 6) is 0.0705. The number of ether oxygens (including phenoxy) is 1. The summed E-state index contributed by atoms with van der Waals surface area (Å²) >= 11 is 6.12. The molecule has 2 heterocycles. The number of likely N-dealkylation sites (tertiary alicyclic amines) is 1. The minimum Gasteiger partial charge on any atom is -0.497 e. The predicted octanol–water partition coefficient (Wildman–Crippen LogP) is 3.73. The van der Waals surface area contributed by atoms with Crippen LogP contribution in [0.1, 0.15) is 39.4 Å². The van der Waals surface area contributed by atoms with Gasteiger partial charge in [-0.3, -0.25) is 9.59 Å². The molecule has 1 N–H and O–H groups in total. The zero-order valence-electron chi connectivity index (χ0n) is 17.3. The van der Waals surface area contributed by atoms with Crippen LogP contribution in [0.2, 0.25) is 5.02 Å². The fourth-order valence-corrected chi connectivity index (χ4v) is 3.77. The number of aromatic nitrogens is 3. The van der Waals surface area contributed by atoms with Gasteiger partial charge in [0, 0.05) is 24.2 Å². The molecular formula is C22H22ClN5O3. The van der Waals surface area contributed by atoms with Gasteiger partial charge in [0.15, 0.2) is 5.69 Å². The van der Waals surface area contributed by atoms with Gasteiger partial charge in [0.05, 0.1) is 29.7 Å². The third kappa shape index (κ3) is 4.25. The molecule has 160 valence electrons. The molecule has 3 aromatic rings. The van der Waals surface area contributed by atoms with Crippen molar-refractivity contribution < 1.29 is 14.3 Å². The smallest absolute Gasteiger partial charge is 0.278 e. The molecule has 0 spiro atoms. The van der Waals surface area contributed by atoms with E-state index in [1.54, 1.807) is 47.9 Å². The molecule has 0 bridgehead atoms. The SMILES string of the molecule is COc1cccc(-n2nnc(C(=O)Nc3ccc(Cl)cc3C(=O)N3CCCC3)c2C)c1. The van der Waals surface area contributed by atoms with E-state index in [0.717, 1.165) is 18.5 Å². The number of carbonyl (C=O) groups excluding carboxylic acids is 2. The summed E-state index contributed by atoms with van der Waals surface area (Å²) in [6, 6.07) is 12.1. The van der Waals surface area contributed by atoms with Crippen molar-refractivity contribution in [1.82, 2.24) is 19.9 Å². The number of methoxy groups -OCH3 is 1. The van der Waals surface area contributed by atoms with Gasteiger partial charge in [-0.05, 0) is 50.1 Å². The second-order valence-corrected chi connectivity index (χ2v) is 7.72. The van der Waals surface area contributed by atoms with Gasteiger partial charge in [-0.1, -0.05) is 22.9 Å². The maximum absolute atomic E-state index is 13.0. The summed E-state index contributed by atoms with van der Waals surface area (Å²) in [6.45, 7) is 3.16. The molecule has 8 nitrogen and oxygen atoms in total. The highest BCUT2D eigenvalue weighted by Crippen LogP contribution is 2.25. The largest absolute Gasteiger partial charge is 0.497 e. The molecule has 1 aromatic heterocycles. The number of halogens is 1. The lowest BCUT2D eigenvalue weighted by atomic mass is 10.1. The van der Waals surface area contributed by atoms with Gasteiger partial charge < -0.3 is 15.0 Å². The lowest BCUT2D eigenvalue weighted by Gasteiger charge is -2.18. The molecule has 9 heteroatoms. The minimum absolute atomic E-state index is 0.146. The topological polar surface area (TPSA) is 89.3 Å². The van der Waals surface area contributed by atoms with E-state index in [1.807, 2.05) is 18.2 Å². The van der Waals surface area contributed by atoms with Crippen molar-refractivity contribution in [1.29, 1.82) is 0 Å². The Morgan fingerprint density at radius 3 is 2.65 bits per heavy atom. The number of hydrogen-bond acceptors (Lipinski definition) is 5. The van der Waals surface area contributed by atoms with Crippen molar-refractivity contribution in [2.24, 2.45) is 0 Å². The molecule has 1 fully saturated rings. The average Bonchev–Trinajstić information content (AvgIpc) is 3.44. The van der Waals surface area contributed by atoms with Crippen LogP contribution < -0.4 is 10.1 Å². The van der Waals surface area contributed by atoms with Gasteiger partial charge in [-0.15, -0.1) is 5.10 Å². The third-order valence-electron chi connectivity index (χ3n) is 5.26. The van der Waals surface area contributed by atoms with Crippen LogP contribution in [0.4, 0.5) is 5.69 Å². The summed E-state index contributed by atoms with van der Waals surface area (Å²) in [5, 5.41) is 11.4. The van der Waals surface area contributed by atoms with E-state index in [9.17, 15) is 9.59 Å². The summed E-state index contributed by atoms with van der Waals surface area (Å²) in [4.78, 5) is 27.7. The van der Waals surface area contributed by atoms with E-state index in [4.69, 9.17) is 16.3 Å². The third-order valence-corrected chi connectivity index (χ3v) is 5.50. The van der Waals surface area contributed by atoms with Gasteiger partial charge in [-0.25, -0.2) is 4.68 Å². The maximum atomic E-state index is 13.0. The van der Waals surface area contributed by atoms with E-state index in [-0.39, 0.29) is 11.6 Å². The van der Waals surface area contributed by atoms with Crippen LogP contribution in [-0.4, -0.2) is 51.9 Å². The molecule has 0 unspecified atom stereocenters. The van der Waals surface area contributed by atoms with Crippen molar-refractivity contribution in [3.8, 4) is 11.4 Å². The van der Waals surface area contributed by atoms with E-state index in [1.165, 1.54) is 0 Å². The predicted molar refractivity (Wildman–Crippen MR) is 117 cm³/mol. The van der Waals surface area contributed by atoms with Crippen molar-refractivity contribution in [2.75, 3.05) is 25.5 Å². The van der Waals surface area contributed by atoms with Crippen molar-refractivity contribution in [2.45, 2.75) is 19.8 Å². The first kappa shape index (κ1) is 20.9. The summed E-state index contributed by atoms with van der Waals surface area (Å²) in [5.41, 5.74) is 2.20. The van der Waals surface area contributed by atoms with Crippen molar-refractivity contribution in [3.05, 3.63) is 64.4 Å². The Balaban J connectivity index is 1.61. The molecule has 2 aromatic carbocycles. The van der Waals surface area contributed by atoms with Crippen LogP contribution in [0, 0.1) is 6.92 Å². The molecule has 1 aliphatic heterocycles. The molecule has 0 aliphatic carbocycles. The first-order valence-electron chi connectivity index (χ1n) is 9.95. The van der Waals surface area contributed by atoms with E-state index in [2.05, 4.69) is 15.6 Å². The fourth-order valence-electron chi connectivity index (χ4n) is 3.60. The van der Waals surface area contributed by atoms with Crippen molar-refractivity contribution in [3.63, 3.8) is 0 Å². The molecule has 0 radical (unpaired) electrons. The Bertz CT molecular complexity index is 1140. The Kier molecular flexibility index (Phi) is 5.90. The first-order chi connectivity index (χ1) is 15.0. The highest BCUT2D eigenvalue weighted by atomic mass is 35.5. The normalized spacial score (nSPS) is 13.3. The summed E-state index contributed by atoms with van der Waals surface area (Å²) < 4.78 is 6.81. The molecule has 0 saturated carbocycles. The molecular weight excluding hydrogens is 418 g/mol. The lowest BCUT2D eigenvalue weighted by molar-refractivity contribution is 0.0794. The van der Waals surface area contributed by atoms with Crippen LogP contribution in [-0.2, 0) is 0 Å². The lowest BCUT2D eigenvalue weighted by Crippen LogP contribution is -2.29. The number of rotatable bonds is 5. The Labute approximate surface area is 184 Å². The second kappa shape index (κ2) is 8.77. The Morgan fingerprint density at radius 1 is 1.13 bits per heavy atom. The molecule has 1 aliphatic rings. The van der Waals surface area contributed by atoms with Gasteiger partial charge in [0.1, 0.15) is 5.75 Å². The highest BCUT2D eigenvalue weighted by molar-refractivity contribution is 6.31. The molecule has 1 saturated heterocycles. The monoisotopic (exact) mass is 439 g/mol. The molecule has 0 atom stereocenters. The van der Waals surface area contributed by atoms with Gasteiger partial charge >= 0.3 is 0 Å². The van der Waals surface area contributed by atoms with Crippen molar-refractivity contribution >= 4 is 29.1 Å². The molecule has 4 rings (SSSR count). The number of hydrogen-bond donors (Lipinski definition) is 1. The fraction of sp³-hybridized carbons (Fsp3) is 0.273. The van der Waals surface area contributed by atoms with Gasteiger partial charge in [0.2, 0.25) is 0 Å². The quantitative estimate of drug-likeness (QED) is 0.654. The summed E-state index contributed by atoms with van der Waals surface area (Å²) in [6.07, 6.45) is 1.95. The molecule has 31 heavy (non-hydrogen) atoms. The number of nitrogens with zero attached hydrogens (tertiary/aromatic N) is 4. The van der Waals surface area contributed by atoms with Crippen LogP contribution >= 0.6 is 11.6 Å². The van der Waals surface area contributed by atoms with Crippen LogP contribution in [0.25, 0.3) is 5.69 Å². The number of nitrogens with one attached hydrogen (secondary N) is 1. The Hall–Kier alpha value is -3.39. The van der Waals surface area contributed by atoms with Crippen LogP contribution in [0.3, 0.4) is 0 Å². The van der Waals surface area contributed by atoms with Crippen LogP contribution in [0.5, 0.6) is 5.75 Å². The second-order valence-electron chi connectivity index (χ2n) is 7.28. The summed E-state index contributed by atoms with van der Waals surface area (Å²) in [7, 11) is 1.58. The maximum Gasteiger partial charge on any atom is 0.278 e. The Morgan fingerprint density at radius 2 is 1.90 bits per heavy atom.